The number of piperidine rings is 1. The average Bonchev–Trinajstić information content (AvgIpc) is 2.42. The predicted molar refractivity (Wildman–Crippen MR) is 66.8 cm³/mol. The molecule has 2 aliphatic rings. The summed E-state index contributed by atoms with van der Waals surface area (Å²) in [6.45, 7) is 3.73. The van der Waals surface area contributed by atoms with Gasteiger partial charge in [0.1, 0.15) is 0 Å². The van der Waals surface area contributed by atoms with Gasteiger partial charge in [-0.2, -0.15) is 5.26 Å². The van der Waals surface area contributed by atoms with E-state index in [1.807, 2.05) is 0 Å². The van der Waals surface area contributed by atoms with Crippen molar-refractivity contribution in [1.82, 2.24) is 10.2 Å². The van der Waals surface area contributed by atoms with Gasteiger partial charge in [-0.3, -0.25) is 9.69 Å². The van der Waals surface area contributed by atoms with Crippen molar-refractivity contribution < 1.29 is 9.53 Å². The quantitative estimate of drug-likeness (QED) is 0.743. The fraction of sp³-hybridized carbons (Fsp3) is 0.846. The van der Waals surface area contributed by atoms with Crippen molar-refractivity contribution in [2.45, 2.75) is 31.7 Å². The van der Waals surface area contributed by atoms with E-state index < -0.39 is 0 Å². The zero-order chi connectivity index (χ0) is 12.8. The third-order valence-electron chi connectivity index (χ3n) is 3.82. The van der Waals surface area contributed by atoms with Crippen LogP contribution in [-0.2, 0) is 9.53 Å². The molecule has 0 saturated carbocycles. The van der Waals surface area contributed by atoms with Crippen LogP contribution in [0.4, 0.5) is 0 Å². The van der Waals surface area contributed by atoms with Crippen LogP contribution in [0.15, 0.2) is 0 Å². The number of hydrogen-bond donors (Lipinski definition) is 1. The molecule has 0 aromatic carbocycles. The monoisotopic (exact) mass is 251 g/mol. The number of ether oxygens (including phenoxy) is 1. The largest absolute Gasteiger partial charge is 0.381 e. The molecule has 0 radical (unpaired) electrons. The Morgan fingerprint density at radius 2 is 1.94 bits per heavy atom. The van der Waals surface area contributed by atoms with Crippen LogP contribution >= 0.6 is 0 Å². The Bertz CT molecular complexity index is 313. The van der Waals surface area contributed by atoms with E-state index in [2.05, 4.69) is 16.3 Å². The molecule has 0 spiro atoms. The van der Waals surface area contributed by atoms with Crippen molar-refractivity contribution >= 4 is 5.91 Å². The molecule has 2 saturated heterocycles. The number of likely N-dealkylation sites (tertiary alicyclic amines) is 1. The molecule has 100 valence electrons. The molecule has 0 unspecified atom stereocenters. The van der Waals surface area contributed by atoms with E-state index in [9.17, 15) is 4.79 Å². The molecule has 0 aromatic heterocycles. The van der Waals surface area contributed by atoms with E-state index in [0.29, 0.717) is 19.8 Å². The molecule has 5 nitrogen and oxygen atoms in total. The Hall–Kier alpha value is -1.12. The zero-order valence-corrected chi connectivity index (χ0v) is 10.7. The first-order valence-corrected chi connectivity index (χ1v) is 6.77. The van der Waals surface area contributed by atoms with Crippen LogP contribution in [0, 0.1) is 17.2 Å². The van der Waals surface area contributed by atoms with Gasteiger partial charge in [0.25, 0.3) is 0 Å². The van der Waals surface area contributed by atoms with Crippen LogP contribution in [0.1, 0.15) is 25.7 Å². The maximum absolute atomic E-state index is 12.0. The van der Waals surface area contributed by atoms with Crippen LogP contribution in [0.2, 0.25) is 0 Å². The summed E-state index contributed by atoms with van der Waals surface area (Å²) in [5.74, 6) is 0.327. The van der Waals surface area contributed by atoms with Crippen molar-refractivity contribution in [3.63, 3.8) is 0 Å². The van der Waals surface area contributed by atoms with Gasteiger partial charge in [-0.15, -0.1) is 0 Å². The molecule has 1 N–H and O–H groups in total. The predicted octanol–water partition coefficient (Wildman–Crippen LogP) is 0.517. The van der Waals surface area contributed by atoms with Gasteiger partial charge >= 0.3 is 0 Å². The van der Waals surface area contributed by atoms with Crippen LogP contribution in [0.25, 0.3) is 0 Å². The van der Waals surface area contributed by atoms with Gasteiger partial charge in [-0.05, 0) is 25.7 Å². The Kier molecular flexibility index (Phi) is 4.97. The lowest BCUT2D eigenvalue weighted by atomic mass is 9.97. The summed E-state index contributed by atoms with van der Waals surface area (Å²) in [5.41, 5.74) is 0. The molecule has 0 atom stereocenters. The topological polar surface area (TPSA) is 65.4 Å². The molecular formula is C13H21N3O2. The minimum Gasteiger partial charge on any atom is -0.381 e. The highest BCUT2D eigenvalue weighted by atomic mass is 16.5. The van der Waals surface area contributed by atoms with Crippen LogP contribution in [0.3, 0.4) is 0 Å². The minimum absolute atomic E-state index is 0.135. The van der Waals surface area contributed by atoms with Gasteiger partial charge in [-0.1, -0.05) is 0 Å². The summed E-state index contributed by atoms with van der Waals surface area (Å²) in [6.07, 6.45) is 3.60. The smallest absolute Gasteiger partial charge is 0.223 e. The molecule has 0 aliphatic carbocycles. The van der Waals surface area contributed by atoms with E-state index in [-0.39, 0.29) is 17.9 Å². The Morgan fingerprint density at radius 1 is 1.28 bits per heavy atom. The fourth-order valence-corrected chi connectivity index (χ4v) is 2.61. The van der Waals surface area contributed by atoms with Gasteiger partial charge in [0.2, 0.25) is 5.91 Å². The van der Waals surface area contributed by atoms with Crippen molar-refractivity contribution in [3.05, 3.63) is 0 Å². The maximum Gasteiger partial charge on any atom is 0.223 e. The fourth-order valence-electron chi connectivity index (χ4n) is 2.61. The zero-order valence-electron chi connectivity index (χ0n) is 10.7. The number of carbonyl (C=O) groups excluding carboxylic acids is 1. The first kappa shape index (κ1) is 13.3. The second kappa shape index (κ2) is 6.72. The number of carbonyl (C=O) groups is 1. The molecule has 2 fully saturated rings. The van der Waals surface area contributed by atoms with Gasteiger partial charge in [0.15, 0.2) is 0 Å². The van der Waals surface area contributed by atoms with Gasteiger partial charge in [0, 0.05) is 38.3 Å². The van der Waals surface area contributed by atoms with Gasteiger partial charge in [-0.25, -0.2) is 0 Å². The number of hydrogen-bond acceptors (Lipinski definition) is 4. The van der Waals surface area contributed by atoms with Crippen molar-refractivity contribution in [2.24, 2.45) is 5.92 Å². The van der Waals surface area contributed by atoms with Crippen LogP contribution in [0.5, 0.6) is 0 Å². The summed E-state index contributed by atoms with van der Waals surface area (Å²) < 4.78 is 5.26. The maximum atomic E-state index is 12.0. The van der Waals surface area contributed by atoms with Crippen LogP contribution in [-0.4, -0.2) is 49.7 Å². The molecule has 0 bridgehead atoms. The summed E-state index contributed by atoms with van der Waals surface area (Å²) in [5, 5.41) is 11.8. The second-order valence-electron chi connectivity index (χ2n) is 5.10. The normalized spacial score (nSPS) is 23.5. The number of nitrogens with zero attached hydrogens (tertiary/aromatic N) is 2. The first-order valence-electron chi connectivity index (χ1n) is 6.77. The van der Waals surface area contributed by atoms with Crippen molar-refractivity contribution in [2.75, 3.05) is 32.8 Å². The SMILES string of the molecule is N#CCN1CCC(NC(=O)C2CCOCC2)CC1. The van der Waals surface area contributed by atoms with Crippen molar-refractivity contribution in [1.29, 1.82) is 5.26 Å². The number of amides is 1. The van der Waals surface area contributed by atoms with Crippen molar-refractivity contribution in [3.8, 4) is 6.07 Å². The summed E-state index contributed by atoms with van der Waals surface area (Å²) in [6, 6.07) is 2.46. The van der Waals surface area contributed by atoms with Gasteiger partial charge < -0.3 is 10.1 Å². The Labute approximate surface area is 108 Å². The molecule has 1 amide bonds. The molecule has 2 heterocycles. The van der Waals surface area contributed by atoms with E-state index in [1.54, 1.807) is 0 Å². The average molecular weight is 251 g/mol. The molecular weight excluding hydrogens is 230 g/mol. The van der Waals surface area contributed by atoms with E-state index in [0.717, 1.165) is 38.8 Å². The summed E-state index contributed by atoms with van der Waals surface area (Å²) in [7, 11) is 0. The summed E-state index contributed by atoms with van der Waals surface area (Å²) >= 11 is 0. The Morgan fingerprint density at radius 3 is 2.56 bits per heavy atom. The highest BCUT2D eigenvalue weighted by Gasteiger charge is 2.25. The Balaban J connectivity index is 1.70. The number of nitrogens with one attached hydrogen (secondary N) is 1. The van der Waals surface area contributed by atoms with Crippen LogP contribution < -0.4 is 5.32 Å². The van der Waals surface area contributed by atoms with E-state index >= 15 is 0 Å². The van der Waals surface area contributed by atoms with E-state index in [4.69, 9.17) is 10.00 Å². The first-order chi connectivity index (χ1) is 8.79. The standard InChI is InChI=1S/C13H21N3O2/c14-5-8-16-6-1-12(2-7-16)15-13(17)11-3-9-18-10-4-11/h11-12H,1-4,6-10H2,(H,15,17). The number of nitriles is 1. The molecule has 2 aliphatic heterocycles. The highest BCUT2D eigenvalue weighted by molar-refractivity contribution is 5.79. The second-order valence-corrected chi connectivity index (χ2v) is 5.10. The van der Waals surface area contributed by atoms with Gasteiger partial charge in [0.05, 0.1) is 12.6 Å². The highest BCUT2D eigenvalue weighted by Crippen LogP contribution is 2.16. The lowest BCUT2D eigenvalue weighted by Gasteiger charge is -2.32. The molecule has 2 rings (SSSR count). The summed E-state index contributed by atoms with van der Waals surface area (Å²) in [4.78, 5) is 14.2. The third kappa shape index (κ3) is 3.69. The molecule has 5 heteroatoms. The minimum atomic E-state index is 0.135. The number of rotatable bonds is 3. The molecule has 18 heavy (non-hydrogen) atoms. The van der Waals surface area contributed by atoms with E-state index in [1.165, 1.54) is 0 Å². The third-order valence-corrected chi connectivity index (χ3v) is 3.82. The molecule has 0 aromatic rings. The lowest BCUT2D eigenvalue weighted by Crippen LogP contribution is -2.47. The lowest BCUT2D eigenvalue weighted by molar-refractivity contribution is -0.128.